The van der Waals surface area contributed by atoms with E-state index in [1.165, 1.54) is 5.69 Å². The van der Waals surface area contributed by atoms with E-state index in [0.717, 1.165) is 55.9 Å². The second kappa shape index (κ2) is 9.07. The number of benzene rings is 1. The molecule has 2 aromatic heterocycles. The highest BCUT2D eigenvalue weighted by atomic mass is 16.5. The van der Waals surface area contributed by atoms with Crippen molar-refractivity contribution in [1.29, 1.82) is 0 Å². The average Bonchev–Trinajstić information content (AvgIpc) is 2.75. The van der Waals surface area contributed by atoms with Crippen LogP contribution in [0.15, 0.2) is 47.4 Å². The molecule has 152 valence electrons. The number of H-pyrrole nitrogens is 1. The fourth-order valence-electron chi connectivity index (χ4n) is 3.60. The predicted octanol–water partition coefficient (Wildman–Crippen LogP) is 3.08. The van der Waals surface area contributed by atoms with Gasteiger partial charge in [-0.15, -0.1) is 0 Å². The van der Waals surface area contributed by atoms with Gasteiger partial charge in [0.15, 0.2) is 0 Å². The van der Waals surface area contributed by atoms with Crippen LogP contribution in [0.5, 0.6) is 0 Å². The first-order chi connectivity index (χ1) is 14.2. The van der Waals surface area contributed by atoms with Crippen molar-refractivity contribution in [2.45, 2.75) is 12.8 Å². The fourth-order valence-corrected chi connectivity index (χ4v) is 3.60. The van der Waals surface area contributed by atoms with E-state index in [0.29, 0.717) is 17.8 Å². The molecular weight excluding hydrogens is 368 g/mol. The highest BCUT2D eigenvalue weighted by molar-refractivity contribution is 5.92. The average molecular weight is 394 g/mol. The van der Waals surface area contributed by atoms with Gasteiger partial charge in [0.1, 0.15) is 5.82 Å². The molecular formula is C22H26N4O3. The van der Waals surface area contributed by atoms with Crippen LogP contribution in [0.1, 0.15) is 12.1 Å². The number of aromatic amines is 1. The first-order valence-electron chi connectivity index (χ1n) is 9.94. The SMILES string of the molecule is COCCCc1cc2cc[nH]c(=O)c2c(Nc2ccc(N3CCOCC3)cc2)n1. The molecule has 29 heavy (non-hydrogen) atoms. The van der Waals surface area contributed by atoms with E-state index in [1.807, 2.05) is 24.3 Å². The molecule has 2 N–H and O–H groups in total. The molecule has 3 aromatic rings. The van der Waals surface area contributed by atoms with E-state index in [4.69, 9.17) is 14.5 Å². The Kier molecular flexibility index (Phi) is 6.07. The lowest BCUT2D eigenvalue weighted by Crippen LogP contribution is -2.36. The van der Waals surface area contributed by atoms with Gasteiger partial charge in [-0.25, -0.2) is 4.98 Å². The summed E-state index contributed by atoms with van der Waals surface area (Å²) in [5, 5.41) is 4.79. The first kappa shape index (κ1) is 19.4. The third kappa shape index (κ3) is 4.58. The molecule has 7 heteroatoms. The Balaban J connectivity index is 1.61. The number of nitrogens with zero attached hydrogens (tertiary/aromatic N) is 2. The predicted molar refractivity (Wildman–Crippen MR) is 115 cm³/mol. The smallest absolute Gasteiger partial charge is 0.259 e. The summed E-state index contributed by atoms with van der Waals surface area (Å²) in [6.07, 6.45) is 3.34. The van der Waals surface area contributed by atoms with Crippen molar-refractivity contribution >= 4 is 28.0 Å². The van der Waals surface area contributed by atoms with Crippen LogP contribution in [-0.2, 0) is 15.9 Å². The lowest BCUT2D eigenvalue weighted by atomic mass is 10.1. The van der Waals surface area contributed by atoms with Gasteiger partial charge < -0.3 is 24.7 Å². The van der Waals surface area contributed by atoms with Gasteiger partial charge in [-0.05, 0) is 54.6 Å². The fraction of sp³-hybridized carbons (Fsp3) is 0.364. The number of aromatic nitrogens is 2. The number of pyridine rings is 2. The van der Waals surface area contributed by atoms with E-state index in [2.05, 4.69) is 27.3 Å². The number of anilines is 3. The second-order valence-electron chi connectivity index (χ2n) is 7.10. The minimum absolute atomic E-state index is 0.147. The summed E-state index contributed by atoms with van der Waals surface area (Å²) in [4.78, 5) is 22.2. The molecule has 4 rings (SSSR count). The Morgan fingerprint density at radius 2 is 2.00 bits per heavy atom. The third-order valence-corrected chi connectivity index (χ3v) is 5.10. The number of methoxy groups -OCH3 is 1. The van der Waals surface area contributed by atoms with Gasteiger partial charge in [-0.2, -0.15) is 0 Å². The van der Waals surface area contributed by atoms with Crippen molar-refractivity contribution in [3.05, 3.63) is 58.6 Å². The van der Waals surface area contributed by atoms with Gasteiger partial charge in [0.05, 0.1) is 18.6 Å². The van der Waals surface area contributed by atoms with Gasteiger partial charge in [0.2, 0.25) is 0 Å². The van der Waals surface area contributed by atoms with Crippen LogP contribution in [0.4, 0.5) is 17.2 Å². The Labute approximate surface area is 169 Å². The molecule has 1 fully saturated rings. The molecule has 1 saturated heterocycles. The third-order valence-electron chi connectivity index (χ3n) is 5.10. The number of ether oxygens (including phenoxy) is 2. The van der Waals surface area contributed by atoms with Crippen LogP contribution in [0.2, 0.25) is 0 Å². The van der Waals surface area contributed by atoms with Crippen LogP contribution < -0.4 is 15.8 Å². The molecule has 1 aliphatic rings. The summed E-state index contributed by atoms with van der Waals surface area (Å²) in [5.74, 6) is 0.580. The second-order valence-corrected chi connectivity index (χ2v) is 7.10. The maximum atomic E-state index is 12.4. The molecule has 0 unspecified atom stereocenters. The molecule has 0 aliphatic carbocycles. The monoisotopic (exact) mass is 394 g/mol. The van der Waals surface area contributed by atoms with E-state index in [1.54, 1.807) is 13.3 Å². The minimum atomic E-state index is -0.147. The number of nitrogens with one attached hydrogen (secondary N) is 2. The largest absolute Gasteiger partial charge is 0.385 e. The zero-order valence-electron chi connectivity index (χ0n) is 16.6. The molecule has 7 nitrogen and oxygen atoms in total. The molecule has 1 aromatic carbocycles. The van der Waals surface area contributed by atoms with Gasteiger partial charge >= 0.3 is 0 Å². The van der Waals surface area contributed by atoms with Crippen molar-refractivity contribution in [1.82, 2.24) is 9.97 Å². The van der Waals surface area contributed by atoms with Crippen LogP contribution >= 0.6 is 0 Å². The summed E-state index contributed by atoms with van der Waals surface area (Å²) in [7, 11) is 1.70. The quantitative estimate of drug-likeness (QED) is 0.600. The summed E-state index contributed by atoms with van der Waals surface area (Å²) >= 11 is 0. The standard InChI is InChI=1S/C22H26N4O3/c1-28-12-2-3-18-15-16-8-9-23-22(27)20(16)21(25-18)24-17-4-6-19(7-5-17)26-10-13-29-14-11-26/h4-9,15H,2-3,10-14H2,1H3,(H,23,27)(H,24,25). The summed E-state index contributed by atoms with van der Waals surface area (Å²) in [5.41, 5.74) is 2.86. The van der Waals surface area contributed by atoms with Gasteiger partial charge in [0, 0.05) is 50.1 Å². The Morgan fingerprint density at radius 1 is 1.21 bits per heavy atom. The molecule has 0 amide bonds. The maximum absolute atomic E-state index is 12.4. The van der Waals surface area contributed by atoms with Crippen molar-refractivity contribution in [2.75, 3.05) is 50.2 Å². The Morgan fingerprint density at radius 3 is 2.76 bits per heavy atom. The van der Waals surface area contributed by atoms with Crippen molar-refractivity contribution in [3.63, 3.8) is 0 Å². The zero-order chi connectivity index (χ0) is 20.1. The normalized spacial score (nSPS) is 14.3. The van der Waals surface area contributed by atoms with Crippen LogP contribution in [0.25, 0.3) is 10.8 Å². The number of fused-ring (bicyclic) bond motifs is 1. The first-order valence-corrected chi connectivity index (χ1v) is 9.94. The Bertz CT molecular complexity index is 1010. The van der Waals surface area contributed by atoms with Crippen molar-refractivity contribution in [3.8, 4) is 0 Å². The summed E-state index contributed by atoms with van der Waals surface area (Å²) < 4.78 is 10.6. The molecule has 0 bridgehead atoms. The molecule has 1 aliphatic heterocycles. The van der Waals surface area contributed by atoms with Crippen LogP contribution in [-0.4, -0.2) is 50.0 Å². The number of hydrogen-bond acceptors (Lipinski definition) is 6. The highest BCUT2D eigenvalue weighted by Crippen LogP contribution is 2.25. The Hall–Kier alpha value is -2.90. The number of aryl methyl sites for hydroxylation is 1. The lowest BCUT2D eigenvalue weighted by Gasteiger charge is -2.28. The van der Waals surface area contributed by atoms with Gasteiger partial charge in [-0.1, -0.05) is 0 Å². The van der Waals surface area contributed by atoms with E-state index < -0.39 is 0 Å². The van der Waals surface area contributed by atoms with Gasteiger partial charge in [-0.3, -0.25) is 4.79 Å². The van der Waals surface area contributed by atoms with Crippen LogP contribution in [0.3, 0.4) is 0 Å². The topological polar surface area (TPSA) is 79.5 Å². The van der Waals surface area contributed by atoms with Crippen molar-refractivity contribution in [2.24, 2.45) is 0 Å². The van der Waals surface area contributed by atoms with E-state index in [9.17, 15) is 4.79 Å². The lowest BCUT2D eigenvalue weighted by molar-refractivity contribution is 0.122. The van der Waals surface area contributed by atoms with Crippen molar-refractivity contribution < 1.29 is 9.47 Å². The minimum Gasteiger partial charge on any atom is -0.385 e. The highest BCUT2D eigenvalue weighted by Gasteiger charge is 2.13. The summed E-state index contributed by atoms with van der Waals surface area (Å²) in [6, 6.07) is 12.1. The number of hydrogen-bond donors (Lipinski definition) is 2. The number of rotatable bonds is 7. The van der Waals surface area contributed by atoms with Crippen LogP contribution in [0, 0.1) is 0 Å². The molecule has 0 radical (unpaired) electrons. The van der Waals surface area contributed by atoms with E-state index >= 15 is 0 Å². The zero-order valence-corrected chi connectivity index (χ0v) is 16.6. The number of morpholine rings is 1. The molecule has 0 atom stereocenters. The summed E-state index contributed by atoms with van der Waals surface area (Å²) in [6.45, 7) is 4.00. The molecule has 0 spiro atoms. The van der Waals surface area contributed by atoms with Gasteiger partial charge in [0.25, 0.3) is 5.56 Å². The molecule has 0 saturated carbocycles. The van der Waals surface area contributed by atoms with E-state index in [-0.39, 0.29) is 5.56 Å². The molecule has 3 heterocycles. The maximum Gasteiger partial charge on any atom is 0.259 e.